The van der Waals surface area contributed by atoms with Gasteiger partial charge in [0.1, 0.15) is 13.2 Å². The van der Waals surface area contributed by atoms with Crippen LogP contribution in [-0.2, 0) is 0 Å². The monoisotopic (exact) mass is 204 g/mol. The molecule has 0 bridgehead atoms. The Labute approximate surface area is 88.3 Å². The summed E-state index contributed by atoms with van der Waals surface area (Å²) in [6.07, 6.45) is 1.94. The van der Waals surface area contributed by atoms with Gasteiger partial charge in [0.05, 0.1) is 0 Å². The third-order valence-corrected chi connectivity index (χ3v) is 2.19. The maximum Gasteiger partial charge on any atom is 0.166 e. The molecule has 1 aliphatic heterocycles. The van der Waals surface area contributed by atoms with Gasteiger partial charge in [0.25, 0.3) is 0 Å². The second-order valence-electron chi connectivity index (χ2n) is 3.27. The van der Waals surface area contributed by atoms with Crippen molar-refractivity contribution in [2.45, 2.75) is 6.42 Å². The molecule has 0 spiro atoms. The van der Waals surface area contributed by atoms with Crippen molar-refractivity contribution < 1.29 is 14.3 Å². The Bertz CT molecular complexity index is 396. The van der Waals surface area contributed by atoms with Crippen molar-refractivity contribution >= 4 is 5.78 Å². The van der Waals surface area contributed by atoms with Crippen LogP contribution in [0.3, 0.4) is 0 Å². The highest BCUT2D eigenvalue weighted by molar-refractivity contribution is 5.97. The van der Waals surface area contributed by atoms with Crippen LogP contribution in [0, 0.1) is 0 Å². The molecule has 0 fully saturated rings. The van der Waals surface area contributed by atoms with Crippen molar-refractivity contribution in [3.8, 4) is 11.5 Å². The Hall–Kier alpha value is -1.77. The number of allylic oxidation sites excluding steroid dienone is 1. The molecule has 0 unspecified atom stereocenters. The predicted molar refractivity (Wildman–Crippen MR) is 56.6 cm³/mol. The number of carbonyl (C=O) groups is 1. The average Bonchev–Trinajstić information content (AvgIpc) is 2.29. The van der Waals surface area contributed by atoms with Crippen molar-refractivity contribution in [2.24, 2.45) is 0 Å². The van der Waals surface area contributed by atoms with Crippen LogP contribution in [0.15, 0.2) is 30.9 Å². The second kappa shape index (κ2) is 4.17. The summed E-state index contributed by atoms with van der Waals surface area (Å²) < 4.78 is 10.8. The number of hydrogen-bond acceptors (Lipinski definition) is 3. The first-order valence-electron chi connectivity index (χ1n) is 4.85. The number of rotatable bonds is 3. The fraction of sp³-hybridized carbons (Fsp3) is 0.250. The fourth-order valence-corrected chi connectivity index (χ4v) is 1.47. The first kappa shape index (κ1) is 9.77. The summed E-state index contributed by atoms with van der Waals surface area (Å²) in [6, 6.07) is 5.24. The number of fused-ring (bicyclic) bond motifs is 1. The van der Waals surface area contributed by atoms with Gasteiger partial charge < -0.3 is 9.47 Å². The highest BCUT2D eigenvalue weighted by Crippen LogP contribution is 2.30. The molecule has 78 valence electrons. The molecule has 0 saturated heterocycles. The third kappa shape index (κ3) is 2.01. The second-order valence-corrected chi connectivity index (χ2v) is 3.27. The number of ketones is 1. The molecule has 1 aromatic rings. The zero-order valence-corrected chi connectivity index (χ0v) is 8.36. The molecular weight excluding hydrogens is 192 g/mol. The number of carbonyl (C=O) groups excluding carboxylic acids is 1. The molecule has 1 heterocycles. The Morgan fingerprint density at radius 1 is 1.33 bits per heavy atom. The predicted octanol–water partition coefficient (Wildman–Crippen LogP) is 2.22. The van der Waals surface area contributed by atoms with Gasteiger partial charge in [-0.15, -0.1) is 6.58 Å². The smallest absolute Gasteiger partial charge is 0.166 e. The van der Waals surface area contributed by atoms with Crippen LogP contribution in [0.1, 0.15) is 16.8 Å². The summed E-state index contributed by atoms with van der Waals surface area (Å²) in [5.41, 5.74) is 0.638. The molecule has 1 aliphatic rings. The summed E-state index contributed by atoms with van der Waals surface area (Å²) in [6.45, 7) is 4.63. The highest BCUT2D eigenvalue weighted by atomic mass is 16.6. The standard InChI is InChI=1S/C12H12O3/c1-2-3-10(13)9-4-5-11-12(8-9)15-7-6-14-11/h2,4-5,8H,1,3,6-7H2. The number of Topliss-reactive ketones (excluding diaryl/α,β-unsaturated/α-hetero) is 1. The van der Waals surface area contributed by atoms with E-state index in [0.29, 0.717) is 36.7 Å². The lowest BCUT2D eigenvalue weighted by Gasteiger charge is -2.18. The van der Waals surface area contributed by atoms with Gasteiger partial charge in [0.2, 0.25) is 0 Å². The summed E-state index contributed by atoms with van der Waals surface area (Å²) in [5, 5.41) is 0. The quantitative estimate of drug-likeness (QED) is 0.559. The van der Waals surface area contributed by atoms with E-state index in [9.17, 15) is 4.79 Å². The molecule has 15 heavy (non-hydrogen) atoms. The minimum absolute atomic E-state index is 0.0435. The maximum absolute atomic E-state index is 11.6. The van der Waals surface area contributed by atoms with Gasteiger partial charge in [-0.3, -0.25) is 4.79 Å². The molecule has 0 radical (unpaired) electrons. The highest BCUT2D eigenvalue weighted by Gasteiger charge is 2.13. The van der Waals surface area contributed by atoms with Crippen molar-refractivity contribution in [2.75, 3.05) is 13.2 Å². The van der Waals surface area contributed by atoms with Gasteiger partial charge in [-0.25, -0.2) is 0 Å². The molecule has 3 nitrogen and oxygen atoms in total. The van der Waals surface area contributed by atoms with Crippen molar-refractivity contribution in [3.63, 3.8) is 0 Å². The lowest BCUT2D eigenvalue weighted by atomic mass is 10.1. The van der Waals surface area contributed by atoms with Crippen molar-refractivity contribution in [1.29, 1.82) is 0 Å². The van der Waals surface area contributed by atoms with Crippen LogP contribution in [0.4, 0.5) is 0 Å². The minimum atomic E-state index is 0.0435. The Balaban J connectivity index is 2.27. The molecule has 1 aromatic carbocycles. The topological polar surface area (TPSA) is 35.5 Å². The van der Waals surface area contributed by atoms with E-state index in [-0.39, 0.29) is 5.78 Å². The Kier molecular flexibility index (Phi) is 2.72. The maximum atomic E-state index is 11.6. The minimum Gasteiger partial charge on any atom is -0.486 e. The van der Waals surface area contributed by atoms with Gasteiger partial charge in [-0.05, 0) is 18.2 Å². The molecule has 0 amide bonds. The normalized spacial score (nSPS) is 13.3. The zero-order chi connectivity index (χ0) is 10.7. The van der Waals surface area contributed by atoms with Gasteiger partial charge in [0, 0.05) is 12.0 Å². The van der Waals surface area contributed by atoms with Crippen molar-refractivity contribution in [3.05, 3.63) is 36.4 Å². The fourth-order valence-electron chi connectivity index (χ4n) is 1.47. The van der Waals surface area contributed by atoms with Gasteiger partial charge in [-0.2, -0.15) is 0 Å². The van der Waals surface area contributed by atoms with Crippen LogP contribution >= 0.6 is 0 Å². The van der Waals surface area contributed by atoms with E-state index in [1.54, 1.807) is 24.3 Å². The first-order valence-corrected chi connectivity index (χ1v) is 4.85. The van der Waals surface area contributed by atoms with Gasteiger partial charge >= 0.3 is 0 Å². The van der Waals surface area contributed by atoms with Crippen LogP contribution in [0.2, 0.25) is 0 Å². The lowest BCUT2D eigenvalue weighted by Crippen LogP contribution is -2.15. The van der Waals surface area contributed by atoms with E-state index in [0.717, 1.165) is 0 Å². The third-order valence-electron chi connectivity index (χ3n) is 2.19. The summed E-state index contributed by atoms with van der Waals surface area (Å²) >= 11 is 0. The van der Waals surface area contributed by atoms with E-state index in [1.807, 2.05) is 0 Å². The van der Waals surface area contributed by atoms with Crippen LogP contribution in [0.25, 0.3) is 0 Å². The molecule has 0 saturated carbocycles. The van der Waals surface area contributed by atoms with Crippen LogP contribution < -0.4 is 9.47 Å². The number of ether oxygens (including phenoxy) is 2. The SMILES string of the molecule is C=CCC(=O)c1ccc2c(c1)OCCO2. The van der Waals surface area contributed by atoms with Crippen LogP contribution in [-0.4, -0.2) is 19.0 Å². The first-order chi connectivity index (χ1) is 7.31. The van der Waals surface area contributed by atoms with Gasteiger partial charge in [0.15, 0.2) is 17.3 Å². The molecule has 0 aromatic heterocycles. The number of hydrogen-bond donors (Lipinski definition) is 0. The van der Waals surface area contributed by atoms with E-state index >= 15 is 0 Å². The molecular formula is C12H12O3. The Morgan fingerprint density at radius 3 is 2.80 bits per heavy atom. The average molecular weight is 204 g/mol. The molecule has 0 N–H and O–H groups in total. The summed E-state index contributed by atoms with van der Waals surface area (Å²) in [5.74, 6) is 1.40. The molecule has 2 rings (SSSR count). The molecule has 0 atom stereocenters. The van der Waals surface area contributed by atoms with E-state index < -0.39 is 0 Å². The van der Waals surface area contributed by atoms with E-state index in [1.165, 1.54) is 0 Å². The Morgan fingerprint density at radius 2 is 2.07 bits per heavy atom. The summed E-state index contributed by atoms with van der Waals surface area (Å²) in [4.78, 5) is 11.6. The summed E-state index contributed by atoms with van der Waals surface area (Å²) in [7, 11) is 0. The molecule has 3 heteroatoms. The van der Waals surface area contributed by atoms with Crippen LogP contribution in [0.5, 0.6) is 11.5 Å². The lowest BCUT2D eigenvalue weighted by molar-refractivity contribution is 0.0994. The van der Waals surface area contributed by atoms with E-state index in [4.69, 9.17) is 9.47 Å². The van der Waals surface area contributed by atoms with Crippen molar-refractivity contribution in [1.82, 2.24) is 0 Å². The zero-order valence-electron chi connectivity index (χ0n) is 8.36. The largest absolute Gasteiger partial charge is 0.486 e. The molecule has 0 aliphatic carbocycles. The van der Waals surface area contributed by atoms with Gasteiger partial charge in [-0.1, -0.05) is 6.08 Å². The number of benzene rings is 1. The van der Waals surface area contributed by atoms with E-state index in [2.05, 4.69) is 6.58 Å².